The van der Waals surface area contributed by atoms with Crippen molar-refractivity contribution in [1.29, 1.82) is 0 Å². The number of fused-ring (bicyclic) bond motifs is 1. The predicted molar refractivity (Wildman–Crippen MR) is 72.9 cm³/mol. The minimum Gasteiger partial charge on any atom is -0.508 e. The maximum Gasteiger partial charge on any atom is 0.227 e. The number of hydrogen-bond acceptors (Lipinski definition) is 3. The Morgan fingerprint density at radius 1 is 1.42 bits per heavy atom. The van der Waals surface area contributed by atoms with Gasteiger partial charge in [-0.25, -0.2) is 0 Å². The first-order chi connectivity index (χ1) is 9.22. The molecule has 2 N–H and O–H groups in total. The summed E-state index contributed by atoms with van der Waals surface area (Å²) in [5.41, 5.74) is 0.882. The second-order valence-electron chi connectivity index (χ2n) is 5.61. The van der Waals surface area contributed by atoms with E-state index in [9.17, 15) is 9.90 Å². The van der Waals surface area contributed by atoms with Gasteiger partial charge in [-0.3, -0.25) is 4.79 Å². The van der Waals surface area contributed by atoms with E-state index in [1.165, 1.54) is 12.8 Å². The van der Waals surface area contributed by atoms with Crippen molar-refractivity contribution in [1.82, 2.24) is 10.2 Å². The summed E-state index contributed by atoms with van der Waals surface area (Å²) in [7, 11) is 0. The molecule has 4 heteroatoms. The van der Waals surface area contributed by atoms with Crippen LogP contribution in [-0.4, -0.2) is 41.6 Å². The second kappa shape index (κ2) is 5.21. The highest BCUT2D eigenvalue weighted by molar-refractivity contribution is 5.79. The number of phenols is 1. The van der Waals surface area contributed by atoms with Gasteiger partial charge in [-0.15, -0.1) is 0 Å². The third-order valence-corrected chi connectivity index (χ3v) is 4.22. The zero-order valence-corrected chi connectivity index (χ0v) is 11.0. The molecule has 0 aromatic heterocycles. The molecule has 2 fully saturated rings. The van der Waals surface area contributed by atoms with Crippen molar-refractivity contribution >= 4 is 5.91 Å². The monoisotopic (exact) mass is 260 g/mol. The number of nitrogens with zero attached hydrogens (tertiary/aromatic N) is 1. The molecule has 1 aromatic rings. The summed E-state index contributed by atoms with van der Waals surface area (Å²) in [5, 5.41) is 12.9. The van der Waals surface area contributed by atoms with E-state index in [1.54, 1.807) is 18.2 Å². The number of rotatable bonds is 2. The van der Waals surface area contributed by atoms with Crippen LogP contribution in [0.4, 0.5) is 0 Å². The number of nitrogens with one attached hydrogen (secondary N) is 1. The van der Waals surface area contributed by atoms with Gasteiger partial charge in [0.2, 0.25) is 5.91 Å². The number of aromatic hydroxyl groups is 1. The molecule has 2 aliphatic rings. The minimum atomic E-state index is 0.168. The molecule has 4 nitrogen and oxygen atoms in total. The molecule has 1 amide bonds. The van der Waals surface area contributed by atoms with Crippen LogP contribution < -0.4 is 5.32 Å². The van der Waals surface area contributed by atoms with Crippen LogP contribution >= 0.6 is 0 Å². The van der Waals surface area contributed by atoms with Gasteiger partial charge in [0, 0.05) is 19.1 Å². The lowest BCUT2D eigenvalue weighted by Crippen LogP contribution is -2.41. The molecule has 0 radical (unpaired) electrons. The number of phenolic OH excluding ortho intramolecular Hbond substituents is 1. The zero-order valence-electron chi connectivity index (χ0n) is 11.0. The van der Waals surface area contributed by atoms with Crippen LogP contribution in [0.5, 0.6) is 5.75 Å². The number of benzene rings is 1. The average molecular weight is 260 g/mol. The highest BCUT2D eigenvalue weighted by Crippen LogP contribution is 2.25. The summed E-state index contributed by atoms with van der Waals surface area (Å²) in [5.74, 6) is 1.02. The summed E-state index contributed by atoms with van der Waals surface area (Å²) >= 11 is 0. The molecule has 19 heavy (non-hydrogen) atoms. The number of carbonyl (C=O) groups excluding carboxylic acids is 1. The molecule has 2 saturated heterocycles. The fourth-order valence-electron chi connectivity index (χ4n) is 3.20. The van der Waals surface area contributed by atoms with E-state index in [-0.39, 0.29) is 11.7 Å². The molecule has 0 saturated carbocycles. The second-order valence-corrected chi connectivity index (χ2v) is 5.61. The topological polar surface area (TPSA) is 52.6 Å². The van der Waals surface area contributed by atoms with E-state index in [0.29, 0.717) is 18.4 Å². The minimum absolute atomic E-state index is 0.168. The van der Waals surface area contributed by atoms with Gasteiger partial charge in [-0.1, -0.05) is 12.1 Å². The quantitative estimate of drug-likeness (QED) is 0.838. The molecule has 2 atom stereocenters. The van der Waals surface area contributed by atoms with Crippen molar-refractivity contribution in [2.45, 2.75) is 25.3 Å². The van der Waals surface area contributed by atoms with E-state index < -0.39 is 0 Å². The average Bonchev–Trinajstić information content (AvgIpc) is 2.82. The Labute approximate surface area is 113 Å². The van der Waals surface area contributed by atoms with E-state index in [1.807, 2.05) is 11.0 Å². The summed E-state index contributed by atoms with van der Waals surface area (Å²) in [6.45, 7) is 2.80. The van der Waals surface area contributed by atoms with E-state index in [2.05, 4.69) is 5.32 Å². The van der Waals surface area contributed by atoms with Crippen molar-refractivity contribution in [3.63, 3.8) is 0 Å². The van der Waals surface area contributed by atoms with Crippen LogP contribution in [0.15, 0.2) is 24.3 Å². The third kappa shape index (κ3) is 2.73. The molecule has 2 heterocycles. The van der Waals surface area contributed by atoms with Gasteiger partial charge in [0.05, 0.1) is 6.42 Å². The summed E-state index contributed by atoms with van der Waals surface area (Å²) in [6.07, 6.45) is 2.83. The molecule has 2 aliphatic heterocycles. The van der Waals surface area contributed by atoms with Gasteiger partial charge < -0.3 is 15.3 Å². The van der Waals surface area contributed by atoms with Crippen molar-refractivity contribution in [3.05, 3.63) is 29.8 Å². The van der Waals surface area contributed by atoms with Crippen LogP contribution in [0.3, 0.4) is 0 Å². The van der Waals surface area contributed by atoms with E-state index in [0.717, 1.165) is 25.2 Å². The molecular formula is C15H20N2O2. The predicted octanol–water partition coefficient (Wildman–Crippen LogP) is 1.15. The summed E-state index contributed by atoms with van der Waals surface area (Å²) < 4.78 is 0. The van der Waals surface area contributed by atoms with Gasteiger partial charge in [-0.05, 0) is 43.0 Å². The van der Waals surface area contributed by atoms with Crippen molar-refractivity contribution in [2.24, 2.45) is 5.92 Å². The SMILES string of the molecule is O=C(Cc1cccc(O)c1)N1CC2CCCNC2C1. The number of carbonyl (C=O) groups is 1. The number of likely N-dealkylation sites (tertiary alicyclic amines) is 1. The Morgan fingerprint density at radius 2 is 2.32 bits per heavy atom. The van der Waals surface area contributed by atoms with E-state index in [4.69, 9.17) is 0 Å². The highest BCUT2D eigenvalue weighted by Gasteiger charge is 2.36. The van der Waals surface area contributed by atoms with Crippen molar-refractivity contribution < 1.29 is 9.90 Å². The lowest BCUT2D eigenvalue weighted by Gasteiger charge is -2.24. The van der Waals surface area contributed by atoms with Crippen LogP contribution in [0.25, 0.3) is 0 Å². The van der Waals surface area contributed by atoms with Crippen LogP contribution in [0, 0.1) is 5.92 Å². The lowest BCUT2D eigenvalue weighted by atomic mass is 9.94. The van der Waals surface area contributed by atoms with Crippen molar-refractivity contribution in [2.75, 3.05) is 19.6 Å². The van der Waals surface area contributed by atoms with Gasteiger partial charge in [0.15, 0.2) is 0 Å². The van der Waals surface area contributed by atoms with Crippen LogP contribution in [0.2, 0.25) is 0 Å². The molecule has 3 rings (SSSR count). The van der Waals surface area contributed by atoms with Gasteiger partial charge in [0.1, 0.15) is 5.75 Å². The normalized spacial score (nSPS) is 26.2. The molecule has 0 bridgehead atoms. The first kappa shape index (κ1) is 12.5. The fraction of sp³-hybridized carbons (Fsp3) is 0.533. The molecule has 0 spiro atoms. The number of amides is 1. The Balaban J connectivity index is 1.62. The van der Waals surface area contributed by atoms with Gasteiger partial charge in [0.25, 0.3) is 0 Å². The van der Waals surface area contributed by atoms with Crippen molar-refractivity contribution in [3.8, 4) is 5.75 Å². The standard InChI is InChI=1S/C15H20N2O2/c18-13-5-1-3-11(7-13)8-15(19)17-9-12-4-2-6-16-14(12)10-17/h1,3,5,7,12,14,16,18H,2,4,6,8-10H2. The number of piperidine rings is 1. The molecule has 1 aromatic carbocycles. The Hall–Kier alpha value is -1.55. The fourth-order valence-corrected chi connectivity index (χ4v) is 3.20. The summed E-state index contributed by atoms with van der Waals surface area (Å²) in [6, 6.07) is 7.45. The maximum absolute atomic E-state index is 12.3. The highest BCUT2D eigenvalue weighted by atomic mass is 16.3. The van der Waals surface area contributed by atoms with Crippen LogP contribution in [-0.2, 0) is 11.2 Å². The zero-order chi connectivity index (χ0) is 13.2. The number of hydrogen-bond donors (Lipinski definition) is 2. The summed E-state index contributed by atoms with van der Waals surface area (Å²) in [4.78, 5) is 14.3. The van der Waals surface area contributed by atoms with Gasteiger partial charge >= 0.3 is 0 Å². The molecule has 2 unspecified atom stereocenters. The molecular weight excluding hydrogens is 240 g/mol. The van der Waals surface area contributed by atoms with Gasteiger partial charge in [-0.2, -0.15) is 0 Å². The largest absolute Gasteiger partial charge is 0.508 e. The first-order valence-electron chi connectivity index (χ1n) is 7.01. The Kier molecular flexibility index (Phi) is 3.42. The molecule has 102 valence electrons. The van der Waals surface area contributed by atoms with Crippen LogP contribution in [0.1, 0.15) is 18.4 Å². The smallest absolute Gasteiger partial charge is 0.227 e. The maximum atomic E-state index is 12.3. The third-order valence-electron chi connectivity index (χ3n) is 4.22. The first-order valence-corrected chi connectivity index (χ1v) is 7.01. The Morgan fingerprint density at radius 3 is 3.11 bits per heavy atom. The Bertz CT molecular complexity index is 461. The molecule has 0 aliphatic carbocycles. The van der Waals surface area contributed by atoms with E-state index >= 15 is 0 Å². The lowest BCUT2D eigenvalue weighted by molar-refractivity contribution is -0.129.